The van der Waals surface area contributed by atoms with Crippen molar-refractivity contribution in [2.24, 2.45) is 10.9 Å². The van der Waals surface area contributed by atoms with Gasteiger partial charge in [-0.15, -0.1) is 0 Å². The minimum atomic E-state index is -1.13. The minimum Gasteiger partial charge on any atom is -0.481 e. The van der Waals surface area contributed by atoms with Crippen molar-refractivity contribution in [2.75, 3.05) is 0 Å². The normalized spacial score (nSPS) is 17.0. The molecule has 0 fully saturated rings. The van der Waals surface area contributed by atoms with Gasteiger partial charge >= 0.3 is 5.97 Å². The highest BCUT2D eigenvalue weighted by molar-refractivity contribution is 6.07. The second kappa shape index (κ2) is 7.57. The number of aromatic nitrogens is 2. The lowest BCUT2D eigenvalue weighted by Crippen LogP contribution is -2.18. The zero-order valence-corrected chi connectivity index (χ0v) is 13.4. The van der Waals surface area contributed by atoms with Crippen molar-refractivity contribution in [3.63, 3.8) is 0 Å². The highest BCUT2D eigenvalue weighted by atomic mass is 16.4. The van der Waals surface area contributed by atoms with E-state index < -0.39 is 18.2 Å². The van der Waals surface area contributed by atoms with Gasteiger partial charge in [0, 0.05) is 30.0 Å². The van der Waals surface area contributed by atoms with Crippen LogP contribution in [-0.2, 0) is 16.1 Å². The number of nitrogens with zero attached hydrogens (tertiary/aromatic N) is 3. The highest BCUT2D eigenvalue weighted by Gasteiger charge is 2.22. The molecule has 0 saturated heterocycles. The fourth-order valence-corrected chi connectivity index (χ4v) is 2.56. The molecule has 2 heterocycles. The highest BCUT2D eigenvalue weighted by Crippen LogP contribution is 2.22. The first kappa shape index (κ1) is 16.6. The molecule has 7 heteroatoms. The average molecular weight is 339 g/mol. The molecule has 1 aliphatic carbocycles. The molecule has 2 aromatic heterocycles. The van der Waals surface area contributed by atoms with Crippen molar-refractivity contribution < 1.29 is 19.1 Å². The Morgan fingerprint density at radius 3 is 3.08 bits per heavy atom. The summed E-state index contributed by atoms with van der Waals surface area (Å²) in [5.41, 5.74) is 0.462. The molecule has 0 radical (unpaired) electrons. The summed E-state index contributed by atoms with van der Waals surface area (Å²) in [6.45, 7) is 0.511. The quantitative estimate of drug-likeness (QED) is 0.618. The van der Waals surface area contributed by atoms with E-state index in [4.69, 9.17) is 9.52 Å². The van der Waals surface area contributed by atoms with Crippen LogP contribution in [0, 0.1) is 5.92 Å². The number of carbonyl (C=O) groups is 2. The Hall–Kier alpha value is -3.22. The summed E-state index contributed by atoms with van der Waals surface area (Å²) in [7, 11) is 0. The molecule has 2 aromatic rings. The number of hydrogen-bond donors (Lipinski definition) is 1. The number of aliphatic imine (C=N–C) groups is 1. The predicted molar refractivity (Wildman–Crippen MR) is 90.8 cm³/mol. The Kier molecular flexibility index (Phi) is 5.03. The van der Waals surface area contributed by atoms with Crippen molar-refractivity contribution in [1.82, 2.24) is 9.78 Å². The van der Waals surface area contributed by atoms with Crippen LogP contribution in [-0.4, -0.2) is 32.9 Å². The Morgan fingerprint density at radius 2 is 2.32 bits per heavy atom. The van der Waals surface area contributed by atoms with Crippen molar-refractivity contribution in [3.8, 4) is 0 Å². The fraction of sp³-hybridized carbons (Fsp3) is 0.222. The molecule has 1 unspecified atom stereocenters. The van der Waals surface area contributed by atoms with Crippen LogP contribution in [0.4, 0.5) is 5.82 Å². The standard InChI is InChI=1S/C18H17N3O4/c22-16(10-18(23)24)15-6-2-1-4-13(15)11-19-17-7-8-21(20-17)12-14-5-3-9-25-14/h1-3,5-9,11,13H,4,10,12H2,(H,23,24). The van der Waals surface area contributed by atoms with Crippen molar-refractivity contribution in [1.29, 1.82) is 0 Å². The van der Waals surface area contributed by atoms with E-state index in [1.54, 1.807) is 41.6 Å². The molecule has 7 nitrogen and oxygen atoms in total. The summed E-state index contributed by atoms with van der Waals surface area (Å²) in [6.07, 6.45) is 10.5. The molecule has 0 aliphatic heterocycles. The maximum absolute atomic E-state index is 12.0. The van der Waals surface area contributed by atoms with Gasteiger partial charge in [0.15, 0.2) is 11.6 Å². The van der Waals surface area contributed by atoms with Crippen LogP contribution in [0.15, 0.2) is 63.9 Å². The lowest BCUT2D eigenvalue weighted by molar-refractivity contribution is -0.139. The maximum atomic E-state index is 12.0. The third kappa shape index (κ3) is 4.41. The van der Waals surface area contributed by atoms with Gasteiger partial charge in [-0.05, 0) is 18.6 Å². The number of carboxylic acid groups (broad SMARTS) is 1. The third-order valence-electron chi connectivity index (χ3n) is 3.75. The SMILES string of the molecule is O=C(O)CC(=O)C1=CC=CCC1C=Nc1ccn(Cc2ccco2)n1. The Balaban J connectivity index is 1.67. The third-order valence-corrected chi connectivity index (χ3v) is 3.75. The Morgan fingerprint density at radius 1 is 1.44 bits per heavy atom. The van der Waals surface area contributed by atoms with Gasteiger partial charge in [-0.25, -0.2) is 4.99 Å². The molecule has 1 N–H and O–H groups in total. The zero-order valence-electron chi connectivity index (χ0n) is 13.4. The van der Waals surface area contributed by atoms with Crippen molar-refractivity contribution in [2.45, 2.75) is 19.4 Å². The Bertz CT molecular complexity index is 844. The van der Waals surface area contributed by atoms with E-state index in [2.05, 4.69) is 10.1 Å². The van der Waals surface area contributed by atoms with E-state index in [-0.39, 0.29) is 5.92 Å². The van der Waals surface area contributed by atoms with Gasteiger partial charge in [0.2, 0.25) is 0 Å². The largest absolute Gasteiger partial charge is 0.481 e. The van der Waals surface area contributed by atoms with Crippen molar-refractivity contribution in [3.05, 3.63) is 60.2 Å². The summed E-state index contributed by atoms with van der Waals surface area (Å²) in [5, 5.41) is 13.1. The molecule has 0 aromatic carbocycles. The molecule has 128 valence electrons. The lowest BCUT2D eigenvalue weighted by atomic mass is 9.88. The molecule has 1 aliphatic rings. The zero-order chi connectivity index (χ0) is 17.6. The van der Waals surface area contributed by atoms with Crippen LogP contribution in [0.3, 0.4) is 0 Å². The molecule has 25 heavy (non-hydrogen) atoms. The van der Waals surface area contributed by atoms with E-state index >= 15 is 0 Å². The van der Waals surface area contributed by atoms with Crippen LogP contribution in [0.1, 0.15) is 18.6 Å². The van der Waals surface area contributed by atoms with Crippen LogP contribution in [0.5, 0.6) is 0 Å². The van der Waals surface area contributed by atoms with Crippen LogP contribution < -0.4 is 0 Å². The first-order valence-electron chi connectivity index (χ1n) is 7.83. The summed E-state index contributed by atoms with van der Waals surface area (Å²) >= 11 is 0. The molecular formula is C18H17N3O4. The molecule has 0 spiro atoms. The van der Waals surface area contributed by atoms with E-state index in [0.717, 1.165) is 5.76 Å². The number of rotatable bonds is 7. The first-order chi connectivity index (χ1) is 12.1. The maximum Gasteiger partial charge on any atom is 0.311 e. The lowest BCUT2D eigenvalue weighted by Gasteiger charge is -2.15. The van der Waals surface area contributed by atoms with Crippen molar-refractivity contribution >= 4 is 23.8 Å². The molecule has 0 amide bonds. The summed E-state index contributed by atoms with van der Waals surface area (Å²) < 4.78 is 6.98. The summed E-state index contributed by atoms with van der Waals surface area (Å²) in [5.74, 6) is -0.455. The van der Waals surface area contributed by atoms with E-state index in [9.17, 15) is 9.59 Å². The van der Waals surface area contributed by atoms with Gasteiger partial charge in [-0.2, -0.15) is 5.10 Å². The predicted octanol–water partition coefficient (Wildman–Crippen LogP) is 2.77. The molecule has 3 rings (SSSR count). The fourth-order valence-electron chi connectivity index (χ4n) is 2.56. The number of carbonyl (C=O) groups excluding carboxylic acids is 1. The van der Waals surface area contributed by atoms with Gasteiger partial charge in [-0.3, -0.25) is 14.3 Å². The van der Waals surface area contributed by atoms with Gasteiger partial charge in [0.25, 0.3) is 0 Å². The van der Waals surface area contributed by atoms with Gasteiger partial charge in [-0.1, -0.05) is 18.2 Å². The average Bonchev–Trinajstić information content (AvgIpc) is 3.25. The Labute approximate surface area is 144 Å². The second-order valence-corrected chi connectivity index (χ2v) is 5.62. The number of hydrogen-bond acceptors (Lipinski definition) is 5. The van der Waals surface area contributed by atoms with E-state index in [1.165, 1.54) is 0 Å². The van der Waals surface area contributed by atoms with Gasteiger partial charge in [0.1, 0.15) is 12.2 Å². The monoisotopic (exact) mass is 339 g/mol. The number of allylic oxidation sites excluding steroid dienone is 4. The number of Topliss-reactive ketones (excluding diaryl/α,β-unsaturated/α-hetero) is 1. The van der Waals surface area contributed by atoms with Gasteiger partial charge < -0.3 is 9.52 Å². The minimum absolute atomic E-state index is 0.243. The van der Waals surface area contributed by atoms with Crippen LogP contribution >= 0.6 is 0 Å². The van der Waals surface area contributed by atoms with Crippen LogP contribution in [0.2, 0.25) is 0 Å². The van der Waals surface area contributed by atoms with Gasteiger partial charge in [0.05, 0.1) is 12.8 Å². The molecule has 0 saturated carbocycles. The topological polar surface area (TPSA) is 97.7 Å². The summed E-state index contributed by atoms with van der Waals surface area (Å²) in [4.78, 5) is 27.1. The smallest absolute Gasteiger partial charge is 0.311 e. The second-order valence-electron chi connectivity index (χ2n) is 5.62. The molecule has 1 atom stereocenters. The van der Waals surface area contributed by atoms with E-state index in [0.29, 0.717) is 24.4 Å². The van der Waals surface area contributed by atoms with Crippen LogP contribution in [0.25, 0.3) is 0 Å². The number of carboxylic acids is 1. The number of ketones is 1. The number of furan rings is 1. The summed E-state index contributed by atoms with van der Waals surface area (Å²) in [6, 6.07) is 5.45. The number of aliphatic carboxylic acids is 1. The molecular weight excluding hydrogens is 322 g/mol. The molecule has 0 bridgehead atoms. The first-order valence-corrected chi connectivity index (χ1v) is 7.83. The van der Waals surface area contributed by atoms with E-state index in [1.807, 2.05) is 18.2 Å².